The van der Waals surface area contributed by atoms with Crippen molar-refractivity contribution in [2.45, 2.75) is 26.8 Å². The minimum atomic E-state index is -0.359. The van der Waals surface area contributed by atoms with Crippen LogP contribution in [0.1, 0.15) is 29.8 Å². The summed E-state index contributed by atoms with van der Waals surface area (Å²) in [5, 5.41) is 2.93. The van der Waals surface area contributed by atoms with Crippen LogP contribution in [0.15, 0.2) is 24.3 Å². The molecule has 0 aromatic heterocycles. The summed E-state index contributed by atoms with van der Waals surface area (Å²) in [5.74, 6) is 1.54. The molecule has 0 aliphatic carbocycles. The van der Waals surface area contributed by atoms with E-state index < -0.39 is 0 Å². The van der Waals surface area contributed by atoms with Crippen LogP contribution in [0.3, 0.4) is 0 Å². The third-order valence-electron chi connectivity index (χ3n) is 3.40. The summed E-state index contributed by atoms with van der Waals surface area (Å²) in [5.41, 5.74) is 1.70. The lowest BCUT2D eigenvalue weighted by Crippen LogP contribution is -2.47. The van der Waals surface area contributed by atoms with Crippen molar-refractivity contribution in [2.75, 3.05) is 18.2 Å². The van der Waals surface area contributed by atoms with Gasteiger partial charge in [0.2, 0.25) is 5.91 Å². The van der Waals surface area contributed by atoms with Crippen molar-refractivity contribution in [3.05, 3.63) is 35.4 Å². The van der Waals surface area contributed by atoms with E-state index in [0.29, 0.717) is 29.7 Å². The van der Waals surface area contributed by atoms with E-state index in [1.807, 2.05) is 25.1 Å². The highest BCUT2D eigenvalue weighted by molar-refractivity contribution is 7.99. The molecule has 21 heavy (non-hydrogen) atoms. The van der Waals surface area contributed by atoms with Crippen LogP contribution in [0.25, 0.3) is 0 Å². The average molecular weight is 306 g/mol. The predicted molar refractivity (Wildman–Crippen MR) is 86.3 cm³/mol. The smallest absolute Gasteiger partial charge is 0.255 e. The lowest BCUT2D eigenvalue weighted by molar-refractivity contribution is -0.124. The Morgan fingerprint density at radius 2 is 2.19 bits per heavy atom. The summed E-state index contributed by atoms with van der Waals surface area (Å²) in [6, 6.07) is 7.15. The number of hydrogen-bond donors (Lipinski definition) is 1. The van der Waals surface area contributed by atoms with Crippen LogP contribution in [0.4, 0.5) is 0 Å². The molecule has 114 valence electrons. The van der Waals surface area contributed by atoms with E-state index >= 15 is 0 Å². The van der Waals surface area contributed by atoms with Gasteiger partial charge >= 0.3 is 0 Å². The average Bonchev–Trinajstić information content (AvgIpc) is 2.93. The maximum absolute atomic E-state index is 12.6. The van der Waals surface area contributed by atoms with Gasteiger partial charge in [-0.1, -0.05) is 31.5 Å². The number of nitrogens with one attached hydrogen (secondary N) is 1. The molecular weight excluding hydrogens is 284 g/mol. The highest BCUT2D eigenvalue weighted by Crippen LogP contribution is 2.23. The van der Waals surface area contributed by atoms with Crippen LogP contribution in [-0.2, 0) is 4.79 Å². The number of amides is 2. The van der Waals surface area contributed by atoms with Gasteiger partial charge in [0.1, 0.15) is 6.04 Å². The molecule has 2 amide bonds. The van der Waals surface area contributed by atoms with Crippen molar-refractivity contribution >= 4 is 23.6 Å². The van der Waals surface area contributed by atoms with Gasteiger partial charge in [-0.25, -0.2) is 0 Å². The Kier molecular flexibility index (Phi) is 5.28. The highest BCUT2D eigenvalue weighted by Gasteiger charge is 2.34. The minimum Gasteiger partial charge on any atom is -0.354 e. The van der Waals surface area contributed by atoms with Crippen molar-refractivity contribution in [3.8, 4) is 0 Å². The highest BCUT2D eigenvalue weighted by atomic mass is 32.2. The molecule has 1 aliphatic heterocycles. The summed E-state index contributed by atoms with van der Waals surface area (Å²) in [7, 11) is 0. The van der Waals surface area contributed by atoms with E-state index in [-0.39, 0.29) is 17.9 Å². The zero-order valence-corrected chi connectivity index (χ0v) is 13.6. The van der Waals surface area contributed by atoms with E-state index in [1.54, 1.807) is 22.7 Å². The Morgan fingerprint density at radius 1 is 1.43 bits per heavy atom. The first-order valence-electron chi connectivity index (χ1n) is 7.22. The van der Waals surface area contributed by atoms with Gasteiger partial charge in [-0.05, 0) is 25.0 Å². The number of nitrogens with zero attached hydrogens (tertiary/aromatic N) is 1. The maximum Gasteiger partial charge on any atom is 0.255 e. The van der Waals surface area contributed by atoms with Crippen LogP contribution in [0, 0.1) is 12.8 Å². The quantitative estimate of drug-likeness (QED) is 0.928. The number of benzene rings is 1. The molecule has 4 nitrogen and oxygen atoms in total. The summed E-state index contributed by atoms with van der Waals surface area (Å²) in [6.07, 6.45) is 0. The van der Waals surface area contributed by atoms with Gasteiger partial charge < -0.3 is 10.2 Å². The third kappa shape index (κ3) is 4.00. The first-order chi connectivity index (χ1) is 9.99. The molecule has 1 atom stereocenters. The predicted octanol–water partition coefficient (Wildman–Crippen LogP) is 2.28. The molecule has 0 spiro atoms. The lowest BCUT2D eigenvalue weighted by atomic mass is 10.1. The summed E-state index contributed by atoms with van der Waals surface area (Å²) < 4.78 is 0. The van der Waals surface area contributed by atoms with Crippen molar-refractivity contribution in [1.82, 2.24) is 10.2 Å². The molecule has 1 heterocycles. The van der Waals surface area contributed by atoms with Crippen molar-refractivity contribution < 1.29 is 9.59 Å². The summed E-state index contributed by atoms with van der Waals surface area (Å²) in [4.78, 5) is 26.5. The van der Waals surface area contributed by atoms with Crippen LogP contribution in [-0.4, -0.2) is 40.9 Å². The van der Waals surface area contributed by atoms with Gasteiger partial charge in [-0.2, -0.15) is 0 Å². The molecule has 0 bridgehead atoms. The number of hydrogen-bond acceptors (Lipinski definition) is 3. The number of rotatable bonds is 4. The first-order valence-corrected chi connectivity index (χ1v) is 8.37. The molecule has 1 saturated heterocycles. The van der Waals surface area contributed by atoms with E-state index in [1.165, 1.54) is 0 Å². The molecule has 1 fully saturated rings. The van der Waals surface area contributed by atoms with Crippen LogP contribution < -0.4 is 5.32 Å². The van der Waals surface area contributed by atoms with Crippen LogP contribution in [0.5, 0.6) is 0 Å². The SMILES string of the molecule is Cc1cccc(C(=O)N2CSCC2C(=O)NCC(C)C)c1. The normalized spacial score (nSPS) is 18.1. The standard InChI is InChI=1S/C16H22N2O2S/c1-11(2)8-17-15(19)14-9-21-10-18(14)16(20)13-6-4-5-12(3)7-13/h4-7,11,14H,8-10H2,1-3H3,(H,17,19). The zero-order chi connectivity index (χ0) is 15.4. The Balaban J connectivity index is 2.07. The Bertz CT molecular complexity index is 531. The zero-order valence-electron chi connectivity index (χ0n) is 12.8. The molecule has 2 rings (SSSR count). The molecule has 0 saturated carbocycles. The number of carbonyl (C=O) groups is 2. The van der Waals surface area contributed by atoms with Gasteiger partial charge in [0.05, 0.1) is 5.88 Å². The van der Waals surface area contributed by atoms with E-state index in [4.69, 9.17) is 0 Å². The second-order valence-electron chi connectivity index (χ2n) is 5.80. The van der Waals surface area contributed by atoms with Gasteiger partial charge in [0.25, 0.3) is 5.91 Å². The number of carbonyl (C=O) groups excluding carboxylic acids is 2. The van der Waals surface area contributed by atoms with Gasteiger partial charge in [-0.15, -0.1) is 11.8 Å². The monoisotopic (exact) mass is 306 g/mol. The topological polar surface area (TPSA) is 49.4 Å². The lowest BCUT2D eigenvalue weighted by Gasteiger charge is -2.23. The number of thioether (sulfide) groups is 1. The van der Waals surface area contributed by atoms with E-state index in [9.17, 15) is 9.59 Å². The first kappa shape index (κ1) is 15.9. The molecule has 1 aromatic carbocycles. The fourth-order valence-electron chi connectivity index (χ4n) is 2.23. The molecule has 5 heteroatoms. The van der Waals surface area contributed by atoms with Gasteiger partial charge in [-0.3, -0.25) is 9.59 Å². The molecule has 0 radical (unpaired) electrons. The van der Waals surface area contributed by atoms with Gasteiger partial charge in [0, 0.05) is 17.9 Å². The Labute approximate surface area is 130 Å². The second kappa shape index (κ2) is 6.98. The molecule has 1 aromatic rings. The van der Waals surface area contributed by atoms with E-state index in [0.717, 1.165) is 5.56 Å². The van der Waals surface area contributed by atoms with Crippen molar-refractivity contribution in [2.24, 2.45) is 5.92 Å². The Hall–Kier alpha value is -1.49. The molecule has 1 N–H and O–H groups in total. The van der Waals surface area contributed by atoms with Crippen molar-refractivity contribution in [3.63, 3.8) is 0 Å². The van der Waals surface area contributed by atoms with Crippen molar-refractivity contribution in [1.29, 1.82) is 0 Å². The molecule has 1 unspecified atom stereocenters. The van der Waals surface area contributed by atoms with E-state index in [2.05, 4.69) is 19.2 Å². The Morgan fingerprint density at radius 3 is 2.86 bits per heavy atom. The molecule has 1 aliphatic rings. The van der Waals surface area contributed by atoms with Crippen LogP contribution in [0.2, 0.25) is 0 Å². The maximum atomic E-state index is 12.6. The fraction of sp³-hybridized carbons (Fsp3) is 0.500. The number of aryl methyl sites for hydroxylation is 1. The fourth-order valence-corrected chi connectivity index (χ4v) is 3.38. The third-order valence-corrected chi connectivity index (χ3v) is 4.41. The second-order valence-corrected chi connectivity index (χ2v) is 6.80. The van der Waals surface area contributed by atoms with Gasteiger partial charge in [0.15, 0.2) is 0 Å². The van der Waals surface area contributed by atoms with Crippen LogP contribution >= 0.6 is 11.8 Å². The summed E-state index contributed by atoms with van der Waals surface area (Å²) in [6.45, 7) is 6.72. The summed E-state index contributed by atoms with van der Waals surface area (Å²) >= 11 is 1.62. The molecular formula is C16H22N2O2S. The largest absolute Gasteiger partial charge is 0.354 e. The minimum absolute atomic E-state index is 0.0466.